The summed E-state index contributed by atoms with van der Waals surface area (Å²) in [5, 5.41) is 18.5. The van der Waals surface area contributed by atoms with Gasteiger partial charge in [0.2, 0.25) is 0 Å². The Labute approximate surface area is 94.1 Å². The lowest BCUT2D eigenvalue weighted by Gasteiger charge is -1.98. The summed E-state index contributed by atoms with van der Waals surface area (Å²) in [6.45, 7) is 0. The predicted octanol–water partition coefficient (Wildman–Crippen LogP) is 3.27. The van der Waals surface area contributed by atoms with Crippen LogP contribution in [0, 0.1) is 0 Å². The maximum absolute atomic E-state index is 9.31. The van der Waals surface area contributed by atoms with Crippen molar-refractivity contribution in [2.45, 2.75) is 0 Å². The molecule has 0 aliphatic rings. The summed E-state index contributed by atoms with van der Waals surface area (Å²) < 4.78 is 0. The van der Waals surface area contributed by atoms with Crippen LogP contribution in [-0.4, -0.2) is 10.2 Å². The average Bonchev–Trinajstić information content (AvgIpc) is 2.32. The molecule has 0 radical (unpaired) electrons. The van der Waals surface area contributed by atoms with Crippen molar-refractivity contribution in [3.63, 3.8) is 0 Å². The van der Waals surface area contributed by atoms with E-state index < -0.39 is 0 Å². The van der Waals surface area contributed by atoms with E-state index in [0.29, 0.717) is 0 Å². The average molecular weight is 212 g/mol. The van der Waals surface area contributed by atoms with Crippen molar-refractivity contribution in [3.05, 3.63) is 59.7 Å². The molecule has 0 spiro atoms. The molecule has 0 saturated carbocycles. The minimum Gasteiger partial charge on any atom is -0.504 e. The van der Waals surface area contributed by atoms with Crippen molar-refractivity contribution in [1.29, 1.82) is 0 Å². The highest BCUT2D eigenvalue weighted by Gasteiger charge is 1.97. The lowest BCUT2D eigenvalue weighted by molar-refractivity contribution is 0.403. The standard InChI is InChI=1S/C14H12O2/c15-13-9-8-12(10-14(13)16)7-6-11-4-2-1-3-5-11/h1-10,15-16H/b7-6+. The molecular formula is C14H12O2. The van der Waals surface area contributed by atoms with Gasteiger partial charge in [0.1, 0.15) is 0 Å². The number of rotatable bonds is 2. The predicted molar refractivity (Wildman–Crippen MR) is 65.1 cm³/mol. The van der Waals surface area contributed by atoms with Crippen LogP contribution in [0.3, 0.4) is 0 Å². The smallest absolute Gasteiger partial charge is 0.157 e. The van der Waals surface area contributed by atoms with Crippen LogP contribution in [0.1, 0.15) is 11.1 Å². The Morgan fingerprint density at radius 2 is 1.38 bits per heavy atom. The van der Waals surface area contributed by atoms with Crippen molar-refractivity contribution >= 4 is 12.2 Å². The van der Waals surface area contributed by atoms with Crippen LogP contribution in [0.25, 0.3) is 12.2 Å². The van der Waals surface area contributed by atoms with E-state index >= 15 is 0 Å². The van der Waals surface area contributed by atoms with Gasteiger partial charge < -0.3 is 10.2 Å². The first-order valence-corrected chi connectivity index (χ1v) is 5.01. The molecule has 2 heteroatoms. The quantitative estimate of drug-likeness (QED) is 0.592. The first-order valence-electron chi connectivity index (χ1n) is 5.01. The molecule has 16 heavy (non-hydrogen) atoms. The van der Waals surface area contributed by atoms with Gasteiger partial charge in [0.25, 0.3) is 0 Å². The molecule has 0 bridgehead atoms. The van der Waals surface area contributed by atoms with Gasteiger partial charge in [-0.15, -0.1) is 0 Å². The second-order valence-corrected chi connectivity index (χ2v) is 3.49. The number of phenols is 2. The minimum atomic E-state index is -0.102. The summed E-state index contributed by atoms with van der Waals surface area (Å²) >= 11 is 0. The first-order chi connectivity index (χ1) is 7.75. The van der Waals surface area contributed by atoms with Gasteiger partial charge in [-0.1, -0.05) is 48.6 Å². The molecular weight excluding hydrogens is 200 g/mol. The Hall–Kier alpha value is -2.22. The zero-order valence-electron chi connectivity index (χ0n) is 8.67. The second kappa shape index (κ2) is 4.53. The van der Waals surface area contributed by atoms with Crippen LogP contribution in [0.4, 0.5) is 0 Å². The third-order valence-corrected chi connectivity index (χ3v) is 2.27. The lowest BCUT2D eigenvalue weighted by atomic mass is 10.1. The molecule has 2 N–H and O–H groups in total. The Morgan fingerprint density at radius 1 is 0.688 bits per heavy atom. The molecule has 80 valence electrons. The van der Waals surface area contributed by atoms with Gasteiger partial charge in [0.05, 0.1) is 0 Å². The summed E-state index contributed by atoms with van der Waals surface area (Å²) in [6, 6.07) is 14.6. The summed E-state index contributed by atoms with van der Waals surface area (Å²) in [5.41, 5.74) is 1.94. The molecule has 2 aromatic carbocycles. The third-order valence-electron chi connectivity index (χ3n) is 2.27. The number of hydrogen-bond acceptors (Lipinski definition) is 2. The first kappa shape index (κ1) is 10.3. The monoisotopic (exact) mass is 212 g/mol. The van der Waals surface area contributed by atoms with Crippen molar-refractivity contribution in [3.8, 4) is 11.5 Å². The van der Waals surface area contributed by atoms with Crippen LogP contribution >= 0.6 is 0 Å². The zero-order chi connectivity index (χ0) is 11.4. The Bertz CT molecular complexity index is 501. The van der Waals surface area contributed by atoms with E-state index in [0.717, 1.165) is 11.1 Å². The summed E-state index contributed by atoms with van der Waals surface area (Å²) in [5.74, 6) is -0.202. The SMILES string of the molecule is Oc1ccc(/C=C/c2ccccc2)cc1O. The molecule has 0 aliphatic heterocycles. The van der Waals surface area contributed by atoms with Crippen molar-refractivity contribution in [1.82, 2.24) is 0 Å². The van der Waals surface area contributed by atoms with Gasteiger partial charge in [0, 0.05) is 0 Å². The van der Waals surface area contributed by atoms with E-state index in [1.807, 2.05) is 42.5 Å². The molecule has 0 fully saturated rings. The summed E-state index contributed by atoms with van der Waals surface area (Å²) in [4.78, 5) is 0. The van der Waals surface area contributed by atoms with E-state index in [-0.39, 0.29) is 11.5 Å². The molecule has 0 amide bonds. The van der Waals surface area contributed by atoms with E-state index in [9.17, 15) is 5.11 Å². The van der Waals surface area contributed by atoms with Gasteiger partial charge in [-0.3, -0.25) is 0 Å². The minimum absolute atomic E-state index is 0.100. The van der Waals surface area contributed by atoms with Crippen LogP contribution in [0.5, 0.6) is 11.5 Å². The largest absolute Gasteiger partial charge is 0.504 e. The maximum Gasteiger partial charge on any atom is 0.157 e. The van der Waals surface area contributed by atoms with Crippen LogP contribution < -0.4 is 0 Å². The summed E-state index contributed by atoms with van der Waals surface area (Å²) in [7, 11) is 0. The molecule has 2 aromatic rings. The molecule has 0 atom stereocenters. The van der Waals surface area contributed by atoms with E-state index in [1.165, 1.54) is 12.1 Å². The Balaban J connectivity index is 2.21. The van der Waals surface area contributed by atoms with Crippen LogP contribution in [0.2, 0.25) is 0 Å². The maximum atomic E-state index is 9.31. The fourth-order valence-corrected chi connectivity index (χ4v) is 1.40. The van der Waals surface area contributed by atoms with Crippen LogP contribution in [-0.2, 0) is 0 Å². The number of phenolic OH excluding ortho intramolecular Hbond substituents is 2. The number of benzene rings is 2. The van der Waals surface area contributed by atoms with Crippen molar-refractivity contribution in [2.75, 3.05) is 0 Å². The van der Waals surface area contributed by atoms with Gasteiger partial charge in [0.15, 0.2) is 11.5 Å². The number of aromatic hydroxyl groups is 2. The van der Waals surface area contributed by atoms with Gasteiger partial charge in [-0.2, -0.15) is 0 Å². The Kier molecular flexibility index (Phi) is 2.92. The zero-order valence-corrected chi connectivity index (χ0v) is 8.67. The number of hydrogen-bond donors (Lipinski definition) is 2. The molecule has 0 saturated heterocycles. The fraction of sp³-hybridized carbons (Fsp3) is 0. The van der Waals surface area contributed by atoms with E-state index in [4.69, 9.17) is 5.11 Å². The van der Waals surface area contributed by atoms with Gasteiger partial charge in [-0.05, 0) is 23.3 Å². The second-order valence-electron chi connectivity index (χ2n) is 3.49. The topological polar surface area (TPSA) is 40.5 Å². The summed E-state index contributed by atoms with van der Waals surface area (Å²) in [6.07, 6.45) is 3.83. The molecule has 0 aromatic heterocycles. The molecule has 2 nitrogen and oxygen atoms in total. The third kappa shape index (κ3) is 2.42. The molecule has 0 heterocycles. The normalized spacial score (nSPS) is 10.8. The Morgan fingerprint density at radius 3 is 2.06 bits per heavy atom. The van der Waals surface area contributed by atoms with E-state index in [1.54, 1.807) is 6.07 Å². The van der Waals surface area contributed by atoms with Crippen molar-refractivity contribution < 1.29 is 10.2 Å². The lowest BCUT2D eigenvalue weighted by Crippen LogP contribution is -1.74. The van der Waals surface area contributed by atoms with Gasteiger partial charge in [-0.25, -0.2) is 0 Å². The fourth-order valence-electron chi connectivity index (χ4n) is 1.40. The van der Waals surface area contributed by atoms with E-state index in [2.05, 4.69) is 0 Å². The van der Waals surface area contributed by atoms with Crippen molar-refractivity contribution in [2.24, 2.45) is 0 Å². The molecule has 2 rings (SSSR count). The highest BCUT2D eigenvalue weighted by atomic mass is 16.3. The molecule has 0 aliphatic carbocycles. The van der Waals surface area contributed by atoms with Crippen LogP contribution in [0.15, 0.2) is 48.5 Å². The molecule has 0 unspecified atom stereocenters. The highest BCUT2D eigenvalue weighted by Crippen LogP contribution is 2.25. The van der Waals surface area contributed by atoms with Gasteiger partial charge >= 0.3 is 0 Å². The highest BCUT2D eigenvalue weighted by molar-refractivity contribution is 5.70.